The Bertz CT molecular complexity index is 2380. The maximum absolute atomic E-state index is 12.9. The smallest absolute Gasteiger partial charge is 0.332 e. The number of carbonyl (C=O) groups excluding carboxylic acids is 4. The Hall–Kier alpha value is -3.40. The van der Waals surface area contributed by atoms with E-state index in [1.165, 1.54) is 20.8 Å². The van der Waals surface area contributed by atoms with Gasteiger partial charge in [-0.15, -0.1) is 0 Å². The minimum atomic E-state index is -2.60. The summed E-state index contributed by atoms with van der Waals surface area (Å²) >= 11 is 0. The fourth-order valence-corrected chi connectivity index (χ4v) is 12.2. The lowest BCUT2D eigenvalue weighted by Crippen LogP contribution is -2.70. The number of hydrogen-bond donors (Lipinski definition) is 22. The van der Waals surface area contributed by atoms with Crippen molar-refractivity contribution in [3.05, 3.63) is 0 Å². The molecule has 0 aromatic rings. The average molecular weight is 1360 g/mol. The molecule has 0 aliphatic carbocycles. The third-order valence-corrected chi connectivity index (χ3v) is 17.2. The predicted molar refractivity (Wildman–Crippen MR) is 290 cm³/mol. The van der Waals surface area contributed by atoms with Gasteiger partial charge in [-0.1, -0.05) is 6.92 Å². The van der Waals surface area contributed by atoms with E-state index in [9.17, 15) is 116 Å². The molecule has 7 fully saturated rings. The Morgan fingerprint density at radius 3 is 1.38 bits per heavy atom. The van der Waals surface area contributed by atoms with Crippen LogP contribution in [0.1, 0.15) is 41.0 Å². The van der Waals surface area contributed by atoms with Gasteiger partial charge in [-0.05, 0) is 6.92 Å². The van der Waals surface area contributed by atoms with E-state index in [-0.39, 0.29) is 6.47 Å². The quantitative estimate of drug-likeness (QED) is 0.0282. The van der Waals surface area contributed by atoms with Crippen LogP contribution in [0.2, 0.25) is 0 Å². The molecular weight excluding hydrogens is 1270 g/mol. The summed E-state index contributed by atoms with van der Waals surface area (Å²) < 4.78 is 81.6. The van der Waals surface area contributed by atoms with Gasteiger partial charge in [0, 0.05) is 26.7 Å². The first kappa shape index (κ1) is 77.0. The highest BCUT2D eigenvalue weighted by atomic mass is 16.9. The van der Waals surface area contributed by atoms with Crippen molar-refractivity contribution in [1.82, 2.24) is 16.0 Å². The SMILES string of the molecule is CC(=O)NC1[C@H](OC2C(O)[C@H](O)C(CO)O[C@@H]2O[C@@H]2C(O)[C@H](O[C@@H]3C(CO)O[C@@H](O[C@@H]4C(CO)O[C@@H](C)C(NC(C)=O)[C@H]4O)C(NC(C)=O)[C@H]3O)OC(CO)[C@H]2O)OC(CO)[C@@H](O[C@@H]2OC(CO[C@]3(OC=O)C[C@@H](O)[C@@H](C)C(C(O)C(O)CO)O3)[C@H](O)[C@H](O)C2O)[C@@H]1O. The summed E-state index contributed by atoms with van der Waals surface area (Å²) in [7, 11) is 0. The van der Waals surface area contributed by atoms with Crippen LogP contribution in [0, 0.1) is 5.92 Å². The van der Waals surface area contributed by atoms with Crippen molar-refractivity contribution in [2.45, 2.75) is 255 Å². The van der Waals surface area contributed by atoms with Gasteiger partial charge in [0.15, 0.2) is 31.5 Å². The molecule has 7 aliphatic heterocycles. The minimum Gasteiger partial charge on any atom is -0.410 e. The topological polar surface area (TPSA) is 618 Å². The summed E-state index contributed by atoms with van der Waals surface area (Å²) in [6.07, 6.45) is -59.7. The van der Waals surface area contributed by atoms with Crippen molar-refractivity contribution in [3.8, 4) is 0 Å². The first-order valence-electron chi connectivity index (χ1n) is 29.9. The number of aliphatic hydroxyl groups excluding tert-OH is 19. The summed E-state index contributed by atoms with van der Waals surface area (Å²) in [4.78, 5) is 49.3. The molecule has 0 radical (unpaired) electrons. The van der Waals surface area contributed by atoms with Gasteiger partial charge in [0.25, 0.3) is 6.47 Å². The molecule has 0 aromatic carbocycles. The van der Waals surface area contributed by atoms with Gasteiger partial charge < -0.3 is 179 Å². The molecule has 22 N–H and O–H groups in total. The highest BCUT2D eigenvalue weighted by Crippen LogP contribution is 2.40. The number of rotatable bonds is 26. The second-order valence-corrected chi connectivity index (χ2v) is 23.8. The molecule has 36 atom stereocenters. The van der Waals surface area contributed by atoms with Crippen molar-refractivity contribution < 1.29 is 183 Å². The molecule has 16 unspecified atom stereocenters. The van der Waals surface area contributed by atoms with E-state index >= 15 is 0 Å². The van der Waals surface area contributed by atoms with Crippen LogP contribution in [0.3, 0.4) is 0 Å². The Balaban J connectivity index is 1.10. The number of amides is 3. The van der Waals surface area contributed by atoms with Gasteiger partial charge in [0.1, 0.15) is 152 Å². The maximum Gasteiger partial charge on any atom is 0.332 e. The molecule has 7 rings (SSSR count). The first-order valence-corrected chi connectivity index (χ1v) is 29.9. The van der Waals surface area contributed by atoms with E-state index < -0.39 is 291 Å². The zero-order valence-corrected chi connectivity index (χ0v) is 50.8. The standard InChI is InChI=1S/C53H89N3O37/c1-15-20(67)6-53(81-14-63,93-42(15)31(69)21(68)7-57)80-13-27-33(71)38(76)40(78)50(87-27)89-44-25(11-61)86-49(30(37(44)75)56-19(5)66)92-47-39(77)32(70)22(8-58)84-52(47)91-46-34(72)23(9-59)83-51(41(46)79)90-45-26(12-62)85-48(29(36(45)74)55-18(4)65)88-43-24(10-60)82-16(2)28(35(43)73)54-17(3)64/h14-16,20-52,57-62,67-79H,6-13H2,1-5H3,(H,54,64)(H,55,65)(H,56,66)/t15-,16+,20-,21?,22?,23?,24?,25?,26?,27?,28?,29?,30?,31?,32-,33+,34-,35-,36-,37-,38+,39?,40?,41?,42?,43-,44-,45-,46+,47?,48+,49+,50+,51+,52-,53+/m1/s1. The monoisotopic (exact) mass is 1360 g/mol. The molecule has 538 valence electrons. The van der Waals surface area contributed by atoms with E-state index in [1.807, 2.05) is 0 Å². The molecule has 0 aromatic heterocycles. The third kappa shape index (κ3) is 17.2. The van der Waals surface area contributed by atoms with Crippen LogP contribution in [0.25, 0.3) is 0 Å². The van der Waals surface area contributed by atoms with Crippen molar-refractivity contribution >= 4 is 24.2 Å². The molecule has 7 aliphatic rings. The Labute approximate surface area is 529 Å². The maximum atomic E-state index is 12.9. The van der Waals surface area contributed by atoms with Crippen molar-refractivity contribution in [2.24, 2.45) is 5.92 Å². The van der Waals surface area contributed by atoms with E-state index in [4.69, 9.17) is 66.3 Å². The number of aliphatic hydroxyl groups is 19. The van der Waals surface area contributed by atoms with E-state index in [2.05, 4.69) is 16.0 Å². The highest BCUT2D eigenvalue weighted by Gasteiger charge is 2.60. The lowest BCUT2D eigenvalue weighted by atomic mass is 9.87. The van der Waals surface area contributed by atoms with Crippen molar-refractivity contribution in [1.29, 1.82) is 0 Å². The van der Waals surface area contributed by atoms with Gasteiger partial charge in [0.2, 0.25) is 17.7 Å². The summed E-state index contributed by atoms with van der Waals surface area (Å²) in [6, 6.07) is -4.72. The fourth-order valence-electron chi connectivity index (χ4n) is 12.2. The molecule has 0 bridgehead atoms. The summed E-state index contributed by atoms with van der Waals surface area (Å²) in [5.74, 6) is -5.88. The molecule has 7 heterocycles. The van der Waals surface area contributed by atoms with Crippen molar-refractivity contribution in [3.63, 3.8) is 0 Å². The normalized spacial score (nSPS) is 47.2. The Morgan fingerprint density at radius 2 is 0.882 bits per heavy atom. The molecule has 40 heteroatoms. The lowest BCUT2D eigenvalue weighted by Gasteiger charge is -2.51. The number of carbonyl (C=O) groups is 4. The van der Waals surface area contributed by atoms with Crippen LogP contribution in [0.4, 0.5) is 0 Å². The molecule has 0 spiro atoms. The molecule has 93 heavy (non-hydrogen) atoms. The van der Waals surface area contributed by atoms with Crippen molar-refractivity contribution in [2.75, 3.05) is 46.2 Å². The van der Waals surface area contributed by atoms with Gasteiger partial charge in [0.05, 0.1) is 77.0 Å². The summed E-state index contributed by atoms with van der Waals surface area (Å²) in [5, 5.41) is 216. The summed E-state index contributed by atoms with van der Waals surface area (Å²) in [5.41, 5.74) is 0. The zero-order chi connectivity index (χ0) is 68.8. The molecular formula is C53H89N3O37. The predicted octanol–water partition coefficient (Wildman–Crippen LogP) is -14.2. The van der Waals surface area contributed by atoms with Gasteiger partial charge in [-0.25, -0.2) is 0 Å². The lowest BCUT2D eigenvalue weighted by molar-refractivity contribution is -0.424. The van der Waals surface area contributed by atoms with Crippen LogP contribution in [-0.4, -0.2) is 382 Å². The number of nitrogens with one attached hydrogen (secondary N) is 3. The third-order valence-electron chi connectivity index (χ3n) is 17.2. The minimum absolute atomic E-state index is 0.161. The molecule has 40 nitrogen and oxygen atoms in total. The van der Waals surface area contributed by atoms with Gasteiger partial charge in [-0.3, -0.25) is 19.2 Å². The van der Waals surface area contributed by atoms with Gasteiger partial charge in [-0.2, -0.15) is 0 Å². The second kappa shape index (κ2) is 33.4. The van der Waals surface area contributed by atoms with Gasteiger partial charge >= 0.3 is 5.97 Å². The van der Waals surface area contributed by atoms with E-state index in [0.717, 1.165) is 13.8 Å². The number of ether oxygens (including phenoxy) is 14. The molecule has 7 saturated heterocycles. The Kier molecular flexibility index (Phi) is 27.7. The average Bonchev–Trinajstić information content (AvgIpc) is 0.849. The van der Waals surface area contributed by atoms with Crippen LogP contribution >= 0.6 is 0 Å². The molecule has 3 amide bonds. The van der Waals surface area contributed by atoms with Crippen LogP contribution in [0.5, 0.6) is 0 Å². The number of hydrogen-bond acceptors (Lipinski definition) is 37. The van der Waals surface area contributed by atoms with Crippen LogP contribution in [-0.2, 0) is 85.5 Å². The largest absolute Gasteiger partial charge is 0.410 e. The highest BCUT2D eigenvalue weighted by molar-refractivity contribution is 5.74. The first-order chi connectivity index (χ1) is 43.9. The van der Waals surface area contributed by atoms with E-state index in [1.54, 1.807) is 0 Å². The second-order valence-electron chi connectivity index (χ2n) is 23.8. The fraction of sp³-hybridized carbons (Fsp3) is 0.925. The van der Waals surface area contributed by atoms with Crippen LogP contribution in [0.15, 0.2) is 0 Å². The molecule has 0 saturated carbocycles. The van der Waals surface area contributed by atoms with Crippen LogP contribution < -0.4 is 16.0 Å². The zero-order valence-electron chi connectivity index (χ0n) is 50.8. The Morgan fingerprint density at radius 1 is 0.473 bits per heavy atom. The van der Waals surface area contributed by atoms with E-state index in [0.29, 0.717) is 0 Å². The summed E-state index contributed by atoms with van der Waals surface area (Å²) in [6.45, 7) is -1.08.